The van der Waals surface area contributed by atoms with Crippen molar-refractivity contribution < 1.29 is 23.8 Å². The molecule has 2 heterocycles. The van der Waals surface area contributed by atoms with E-state index in [4.69, 9.17) is 14.2 Å². The van der Waals surface area contributed by atoms with Crippen molar-refractivity contribution in [1.82, 2.24) is 0 Å². The monoisotopic (exact) mass is 410 g/mol. The van der Waals surface area contributed by atoms with E-state index < -0.39 is 12.2 Å². The van der Waals surface area contributed by atoms with Gasteiger partial charge in [-0.25, -0.2) is 0 Å². The third kappa shape index (κ3) is 4.41. The number of fused-ring (bicyclic) bond motifs is 1. The Morgan fingerprint density at radius 2 is 2.13 bits per heavy atom. The zero-order chi connectivity index (χ0) is 21.1. The van der Waals surface area contributed by atoms with Crippen LogP contribution in [0.3, 0.4) is 0 Å². The van der Waals surface area contributed by atoms with E-state index in [0.717, 1.165) is 24.2 Å². The Balaban J connectivity index is 1.45. The highest BCUT2D eigenvalue weighted by molar-refractivity contribution is 6.01. The molecule has 1 saturated heterocycles. The molecule has 2 aliphatic heterocycles. The van der Waals surface area contributed by atoms with Crippen LogP contribution in [-0.4, -0.2) is 43.8 Å². The van der Waals surface area contributed by atoms with E-state index in [1.165, 1.54) is 0 Å². The molecule has 1 fully saturated rings. The Bertz CT molecular complexity index is 939. The Morgan fingerprint density at radius 3 is 2.90 bits per heavy atom. The standard InChI is InChI=1S/C23H26N2O5/c1-15-5-3-6-18(13-15)28-12-10-25-19-9-8-17(14-21(19)30-16(2)23(25)27)24-22(26)20-7-4-11-29-20/h3,5-6,8-9,13-14,16,20H,4,7,10-12H2,1-2H3,(H,24,26). The maximum atomic E-state index is 12.7. The third-order valence-electron chi connectivity index (χ3n) is 5.23. The summed E-state index contributed by atoms with van der Waals surface area (Å²) in [5.74, 6) is 1.06. The van der Waals surface area contributed by atoms with Crippen LogP contribution in [-0.2, 0) is 14.3 Å². The summed E-state index contributed by atoms with van der Waals surface area (Å²) < 4.78 is 17.0. The van der Waals surface area contributed by atoms with Gasteiger partial charge in [-0.15, -0.1) is 0 Å². The van der Waals surface area contributed by atoms with Gasteiger partial charge in [0.05, 0.1) is 12.2 Å². The first-order valence-electron chi connectivity index (χ1n) is 10.3. The van der Waals surface area contributed by atoms with Crippen LogP contribution in [0.25, 0.3) is 0 Å². The van der Waals surface area contributed by atoms with E-state index in [1.54, 1.807) is 30.0 Å². The van der Waals surface area contributed by atoms with Crippen molar-refractivity contribution in [1.29, 1.82) is 0 Å². The minimum atomic E-state index is -0.611. The molecule has 7 heteroatoms. The lowest BCUT2D eigenvalue weighted by Gasteiger charge is -2.33. The molecule has 2 aromatic carbocycles. The second-order valence-corrected chi connectivity index (χ2v) is 7.59. The van der Waals surface area contributed by atoms with Crippen LogP contribution in [0, 0.1) is 6.92 Å². The molecule has 2 amide bonds. The lowest BCUT2D eigenvalue weighted by molar-refractivity contribution is -0.126. The molecule has 0 spiro atoms. The lowest BCUT2D eigenvalue weighted by atomic mass is 10.1. The topological polar surface area (TPSA) is 77.1 Å². The first-order chi connectivity index (χ1) is 14.5. The number of anilines is 2. The molecule has 2 aliphatic rings. The normalized spacial score (nSPS) is 20.5. The molecule has 0 aromatic heterocycles. The maximum absolute atomic E-state index is 12.7. The molecule has 1 N–H and O–H groups in total. The van der Waals surface area contributed by atoms with Crippen LogP contribution in [0.4, 0.5) is 11.4 Å². The molecule has 0 bridgehead atoms. The quantitative estimate of drug-likeness (QED) is 0.791. The van der Waals surface area contributed by atoms with E-state index in [1.807, 2.05) is 31.2 Å². The fourth-order valence-corrected chi connectivity index (χ4v) is 3.69. The summed E-state index contributed by atoms with van der Waals surface area (Å²) in [4.78, 5) is 26.7. The summed E-state index contributed by atoms with van der Waals surface area (Å²) in [6.07, 6.45) is 0.608. The smallest absolute Gasteiger partial charge is 0.267 e. The van der Waals surface area contributed by atoms with Crippen LogP contribution in [0.1, 0.15) is 25.3 Å². The summed E-state index contributed by atoms with van der Waals surface area (Å²) in [6.45, 7) is 5.10. The number of benzene rings is 2. The van der Waals surface area contributed by atoms with Crippen molar-refractivity contribution >= 4 is 23.2 Å². The third-order valence-corrected chi connectivity index (χ3v) is 5.23. The summed E-state index contributed by atoms with van der Waals surface area (Å²) in [5, 5.41) is 2.87. The predicted octanol–water partition coefficient (Wildman–Crippen LogP) is 3.31. The second kappa shape index (κ2) is 8.75. The molecule has 2 unspecified atom stereocenters. The highest BCUT2D eigenvalue weighted by Crippen LogP contribution is 2.36. The molecule has 158 valence electrons. The highest BCUT2D eigenvalue weighted by atomic mass is 16.5. The average molecular weight is 410 g/mol. The van der Waals surface area contributed by atoms with Crippen molar-refractivity contribution in [2.75, 3.05) is 30.0 Å². The van der Waals surface area contributed by atoms with E-state index in [-0.39, 0.29) is 11.8 Å². The Labute approximate surface area is 175 Å². The van der Waals surface area contributed by atoms with Gasteiger partial charge >= 0.3 is 0 Å². The zero-order valence-corrected chi connectivity index (χ0v) is 17.2. The van der Waals surface area contributed by atoms with Crippen molar-refractivity contribution in [3.8, 4) is 11.5 Å². The fourth-order valence-electron chi connectivity index (χ4n) is 3.69. The van der Waals surface area contributed by atoms with Gasteiger partial charge in [-0.3, -0.25) is 9.59 Å². The molecule has 0 saturated carbocycles. The van der Waals surface area contributed by atoms with Gasteiger partial charge in [0, 0.05) is 18.4 Å². The Kier molecular flexibility index (Phi) is 5.90. The van der Waals surface area contributed by atoms with Crippen LogP contribution in [0.15, 0.2) is 42.5 Å². The van der Waals surface area contributed by atoms with Gasteiger partial charge in [0.2, 0.25) is 0 Å². The maximum Gasteiger partial charge on any atom is 0.267 e. The van der Waals surface area contributed by atoms with Gasteiger partial charge in [-0.1, -0.05) is 12.1 Å². The molecule has 30 heavy (non-hydrogen) atoms. The van der Waals surface area contributed by atoms with Crippen molar-refractivity contribution in [3.63, 3.8) is 0 Å². The average Bonchev–Trinajstić information content (AvgIpc) is 3.26. The molecule has 7 nitrogen and oxygen atoms in total. The van der Waals surface area contributed by atoms with E-state index in [9.17, 15) is 9.59 Å². The summed E-state index contributed by atoms with van der Waals surface area (Å²) in [7, 11) is 0. The van der Waals surface area contributed by atoms with E-state index >= 15 is 0 Å². The minimum Gasteiger partial charge on any atom is -0.492 e. The molecule has 0 aliphatic carbocycles. The van der Waals surface area contributed by atoms with Crippen LogP contribution in [0.2, 0.25) is 0 Å². The number of hydrogen-bond donors (Lipinski definition) is 1. The predicted molar refractivity (Wildman–Crippen MR) is 113 cm³/mol. The number of carbonyl (C=O) groups is 2. The number of nitrogens with one attached hydrogen (secondary N) is 1. The van der Waals surface area contributed by atoms with Crippen LogP contribution < -0.4 is 19.7 Å². The molecular weight excluding hydrogens is 384 g/mol. The summed E-state index contributed by atoms with van der Waals surface area (Å²) in [5.41, 5.74) is 2.40. The molecular formula is C23H26N2O5. The van der Waals surface area contributed by atoms with Crippen molar-refractivity contribution in [2.24, 2.45) is 0 Å². The van der Waals surface area contributed by atoms with E-state index in [2.05, 4.69) is 5.32 Å². The lowest BCUT2D eigenvalue weighted by Crippen LogP contribution is -2.46. The number of aryl methyl sites for hydroxylation is 1. The molecule has 2 aromatic rings. The van der Waals surface area contributed by atoms with Gasteiger partial charge in [0.15, 0.2) is 6.10 Å². The van der Waals surface area contributed by atoms with Gasteiger partial charge < -0.3 is 24.4 Å². The van der Waals surface area contributed by atoms with Gasteiger partial charge in [0.1, 0.15) is 24.2 Å². The molecule has 4 rings (SSSR count). The first-order valence-corrected chi connectivity index (χ1v) is 10.3. The largest absolute Gasteiger partial charge is 0.492 e. The van der Waals surface area contributed by atoms with Crippen molar-refractivity contribution in [2.45, 2.75) is 38.9 Å². The number of hydrogen-bond acceptors (Lipinski definition) is 5. The molecule has 2 atom stereocenters. The molecule has 0 radical (unpaired) electrons. The Hall–Kier alpha value is -3.06. The SMILES string of the molecule is Cc1cccc(OCCN2C(=O)C(C)Oc3cc(NC(=O)C4CCCO4)ccc32)c1. The Morgan fingerprint density at radius 1 is 1.27 bits per heavy atom. The number of rotatable bonds is 6. The van der Waals surface area contributed by atoms with E-state index in [0.29, 0.717) is 36.9 Å². The number of ether oxygens (including phenoxy) is 3. The number of carbonyl (C=O) groups excluding carboxylic acids is 2. The fraction of sp³-hybridized carbons (Fsp3) is 0.391. The minimum absolute atomic E-state index is 0.119. The number of amides is 2. The number of nitrogens with zero attached hydrogens (tertiary/aromatic N) is 1. The second-order valence-electron chi connectivity index (χ2n) is 7.59. The first kappa shape index (κ1) is 20.2. The van der Waals surface area contributed by atoms with Crippen molar-refractivity contribution in [3.05, 3.63) is 48.0 Å². The van der Waals surface area contributed by atoms with Gasteiger partial charge in [0.25, 0.3) is 11.8 Å². The van der Waals surface area contributed by atoms with Crippen LogP contribution >= 0.6 is 0 Å². The van der Waals surface area contributed by atoms with Crippen LogP contribution in [0.5, 0.6) is 11.5 Å². The van der Waals surface area contributed by atoms with Gasteiger partial charge in [-0.2, -0.15) is 0 Å². The zero-order valence-electron chi connectivity index (χ0n) is 17.2. The summed E-state index contributed by atoms with van der Waals surface area (Å²) >= 11 is 0. The summed E-state index contributed by atoms with van der Waals surface area (Å²) in [6, 6.07) is 13.1. The highest BCUT2D eigenvalue weighted by Gasteiger charge is 2.32. The van der Waals surface area contributed by atoms with Gasteiger partial charge in [-0.05, 0) is 56.5 Å².